The van der Waals surface area contributed by atoms with E-state index in [2.05, 4.69) is 25.0 Å². The fraction of sp³-hybridized carbons (Fsp3) is 0.250. The maximum Gasteiger partial charge on any atom is 0.280 e. The molecule has 1 saturated heterocycles. The molecule has 3 aromatic rings. The molecule has 0 saturated carbocycles. The van der Waals surface area contributed by atoms with Crippen molar-refractivity contribution in [1.82, 2.24) is 24.7 Å². The zero-order valence-corrected chi connectivity index (χ0v) is 13.6. The van der Waals surface area contributed by atoms with Gasteiger partial charge in [0, 0.05) is 37.1 Å². The van der Waals surface area contributed by atoms with Crippen LogP contribution in [0.4, 0.5) is 5.82 Å². The molecule has 4 heterocycles. The highest BCUT2D eigenvalue weighted by Gasteiger charge is 2.16. The number of H-pyrrole nitrogens is 1. The van der Waals surface area contributed by atoms with Gasteiger partial charge in [-0.1, -0.05) is 11.6 Å². The number of anilines is 1. The maximum absolute atomic E-state index is 12.7. The van der Waals surface area contributed by atoms with Gasteiger partial charge in [0.2, 0.25) is 0 Å². The van der Waals surface area contributed by atoms with Gasteiger partial charge in [0.25, 0.3) is 5.56 Å². The molecule has 122 valence electrons. The third kappa shape index (κ3) is 2.67. The summed E-state index contributed by atoms with van der Waals surface area (Å²) in [6.07, 6.45) is 7.03. The Morgan fingerprint density at radius 3 is 2.62 bits per heavy atom. The summed E-state index contributed by atoms with van der Waals surface area (Å²) < 4.78 is 1.41. The van der Waals surface area contributed by atoms with E-state index in [1.54, 1.807) is 24.5 Å². The summed E-state index contributed by atoms with van der Waals surface area (Å²) >= 11 is 5.80. The molecule has 24 heavy (non-hydrogen) atoms. The molecule has 1 aliphatic rings. The minimum atomic E-state index is -0.190. The first kappa shape index (κ1) is 14.9. The van der Waals surface area contributed by atoms with Crippen LogP contribution in [0.25, 0.3) is 16.9 Å². The largest absolute Gasteiger partial charge is 0.356 e. The van der Waals surface area contributed by atoms with Crippen molar-refractivity contribution in [2.24, 2.45) is 0 Å². The van der Waals surface area contributed by atoms with Gasteiger partial charge in [-0.3, -0.25) is 9.89 Å². The molecule has 0 unspecified atom stereocenters. The summed E-state index contributed by atoms with van der Waals surface area (Å²) in [6, 6.07) is 5.25. The minimum Gasteiger partial charge on any atom is -0.356 e. The predicted molar refractivity (Wildman–Crippen MR) is 91.7 cm³/mol. The Morgan fingerprint density at radius 1 is 1.08 bits per heavy atom. The van der Waals surface area contributed by atoms with Crippen LogP contribution in [0.1, 0.15) is 12.8 Å². The Kier molecular flexibility index (Phi) is 3.78. The summed E-state index contributed by atoms with van der Waals surface area (Å²) in [4.78, 5) is 27.4. The van der Waals surface area contributed by atoms with E-state index >= 15 is 0 Å². The molecular formula is C16H15ClN6O. The Hall–Kier alpha value is -2.67. The second-order valence-electron chi connectivity index (χ2n) is 5.63. The van der Waals surface area contributed by atoms with Crippen molar-refractivity contribution in [3.63, 3.8) is 0 Å². The molecular weight excluding hydrogens is 328 g/mol. The van der Waals surface area contributed by atoms with E-state index in [1.807, 2.05) is 6.07 Å². The number of aromatic amines is 1. The monoisotopic (exact) mass is 342 g/mol. The van der Waals surface area contributed by atoms with Crippen molar-refractivity contribution in [2.75, 3.05) is 18.0 Å². The van der Waals surface area contributed by atoms with Gasteiger partial charge in [0.15, 0.2) is 5.82 Å². The van der Waals surface area contributed by atoms with E-state index in [9.17, 15) is 4.79 Å². The molecule has 0 spiro atoms. The van der Waals surface area contributed by atoms with Crippen LogP contribution in [-0.2, 0) is 0 Å². The van der Waals surface area contributed by atoms with Crippen LogP contribution in [0.3, 0.4) is 0 Å². The van der Waals surface area contributed by atoms with Gasteiger partial charge in [-0.15, -0.1) is 0 Å². The molecule has 0 aliphatic carbocycles. The lowest BCUT2D eigenvalue weighted by molar-refractivity contribution is 0.806. The van der Waals surface area contributed by atoms with E-state index in [-0.39, 0.29) is 5.56 Å². The normalized spacial score (nSPS) is 14.3. The molecule has 0 bridgehead atoms. The first-order valence-corrected chi connectivity index (χ1v) is 8.10. The van der Waals surface area contributed by atoms with Crippen LogP contribution in [0.15, 0.2) is 41.7 Å². The zero-order chi connectivity index (χ0) is 16.5. The van der Waals surface area contributed by atoms with Gasteiger partial charge >= 0.3 is 0 Å². The van der Waals surface area contributed by atoms with E-state index in [4.69, 9.17) is 11.6 Å². The lowest BCUT2D eigenvalue weighted by Crippen LogP contribution is -2.21. The Bertz CT molecular complexity index is 911. The number of nitrogens with zero attached hydrogens (tertiary/aromatic N) is 5. The maximum atomic E-state index is 12.7. The van der Waals surface area contributed by atoms with Crippen LogP contribution >= 0.6 is 11.6 Å². The summed E-state index contributed by atoms with van der Waals surface area (Å²) in [5, 5.41) is 3.35. The molecule has 0 atom stereocenters. The van der Waals surface area contributed by atoms with Gasteiger partial charge in [-0.25, -0.2) is 19.6 Å². The van der Waals surface area contributed by atoms with Gasteiger partial charge in [0.05, 0.1) is 5.56 Å². The number of hydrogen-bond acceptors (Lipinski definition) is 5. The molecule has 7 nitrogen and oxygen atoms in total. The summed E-state index contributed by atoms with van der Waals surface area (Å²) in [5.74, 6) is 1.36. The first-order chi connectivity index (χ1) is 11.7. The average Bonchev–Trinajstić information content (AvgIpc) is 3.26. The SMILES string of the molecule is O=c1c(-c2ccc(Cl)nc2)c[nH]n1-c1cc(N2CCCC2)ncn1. The first-order valence-electron chi connectivity index (χ1n) is 7.72. The number of pyridine rings is 1. The fourth-order valence-electron chi connectivity index (χ4n) is 2.86. The zero-order valence-electron chi connectivity index (χ0n) is 12.8. The van der Waals surface area contributed by atoms with Crippen molar-refractivity contribution < 1.29 is 0 Å². The molecule has 1 aliphatic heterocycles. The van der Waals surface area contributed by atoms with E-state index in [1.165, 1.54) is 11.0 Å². The van der Waals surface area contributed by atoms with Crippen molar-refractivity contribution in [2.45, 2.75) is 12.8 Å². The standard InChI is InChI=1S/C16H15ClN6O/c17-13-4-3-11(8-18-13)12-9-21-23(16(12)24)15-7-14(19-10-20-15)22-5-1-2-6-22/h3-4,7-10,21H,1-2,5-6H2. The van der Waals surface area contributed by atoms with Crippen molar-refractivity contribution in [3.8, 4) is 16.9 Å². The van der Waals surface area contributed by atoms with Gasteiger partial charge in [-0.2, -0.15) is 0 Å². The molecule has 4 rings (SSSR count). The number of aromatic nitrogens is 5. The Morgan fingerprint density at radius 2 is 1.88 bits per heavy atom. The van der Waals surface area contributed by atoms with E-state index < -0.39 is 0 Å². The highest BCUT2D eigenvalue weighted by atomic mass is 35.5. The molecule has 3 aromatic heterocycles. The van der Waals surface area contributed by atoms with Gasteiger partial charge in [-0.05, 0) is 25.0 Å². The van der Waals surface area contributed by atoms with Crippen LogP contribution in [0.5, 0.6) is 0 Å². The number of hydrogen-bond donors (Lipinski definition) is 1. The quantitative estimate of drug-likeness (QED) is 0.739. The van der Waals surface area contributed by atoms with Gasteiger partial charge < -0.3 is 4.90 Å². The summed E-state index contributed by atoms with van der Waals surface area (Å²) in [6.45, 7) is 1.97. The summed E-state index contributed by atoms with van der Waals surface area (Å²) in [5.41, 5.74) is 1.03. The van der Waals surface area contributed by atoms with E-state index in [0.717, 1.165) is 31.7 Å². The molecule has 1 N–H and O–H groups in total. The number of halogens is 1. The van der Waals surface area contributed by atoms with Crippen LogP contribution in [0, 0.1) is 0 Å². The topological polar surface area (TPSA) is 79.7 Å². The third-order valence-corrected chi connectivity index (χ3v) is 4.33. The predicted octanol–water partition coefficient (Wildman–Crippen LogP) is 2.27. The van der Waals surface area contributed by atoms with Gasteiger partial charge in [0.1, 0.15) is 17.3 Å². The second-order valence-corrected chi connectivity index (χ2v) is 6.01. The van der Waals surface area contributed by atoms with Crippen molar-refractivity contribution in [1.29, 1.82) is 0 Å². The third-order valence-electron chi connectivity index (χ3n) is 4.11. The highest BCUT2D eigenvalue weighted by molar-refractivity contribution is 6.29. The van der Waals surface area contributed by atoms with Crippen LogP contribution < -0.4 is 10.5 Å². The average molecular weight is 343 g/mol. The Balaban J connectivity index is 1.71. The lowest BCUT2D eigenvalue weighted by Gasteiger charge is -2.16. The van der Waals surface area contributed by atoms with E-state index in [0.29, 0.717) is 22.1 Å². The summed E-state index contributed by atoms with van der Waals surface area (Å²) in [7, 11) is 0. The molecule has 0 amide bonds. The molecule has 1 fully saturated rings. The Labute approximate surface area is 142 Å². The minimum absolute atomic E-state index is 0.190. The second kappa shape index (κ2) is 6.09. The van der Waals surface area contributed by atoms with Crippen molar-refractivity contribution >= 4 is 17.4 Å². The molecule has 0 radical (unpaired) electrons. The van der Waals surface area contributed by atoms with Crippen LogP contribution in [-0.4, -0.2) is 37.8 Å². The van der Waals surface area contributed by atoms with Crippen LogP contribution in [0.2, 0.25) is 5.15 Å². The molecule has 8 heteroatoms. The highest BCUT2D eigenvalue weighted by Crippen LogP contribution is 2.20. The number of rotatable bonds is 3. The smallest absolute Gasteiger partial charge is 0.280 e. The lowest BCUT2D eigenvalue weighted by atomic mass is 10.2. The van der Waals surface area contributed by atoms with Crippen molar-refractivity contribution in [3.05, 3.63) is 52.4 Å². The number of nitrogens with one attached hydrogen (secondary N) is 1. The fourth-order valence-corrected chi connectivity index (χ4v) is 2.97. The molecule has 0 aromatic carbocycles.